The lowest BCUT2D eigenvalue weighted by Crippen LogP contribution is -2.38. The van der Waals surface area contributed by atoms with Crippen LogP contribution in [-0.4, -0.2) is 46.4 Å². The third-order valence-corrected chi connectivity index (χ3v) is 5.27. The summed E-state index contributed by atoms with van der Waals surface area (Å²) in [7, 11) is 0. The zero-order chi connectivity index (χ0) is 32.4. The molecule has 2 rings (SSSR count). The van der Waals surface area contributed by atoms with Gasteiger partial charge in [-0.1, -0.05) is 37.0 Å². The molecule has 42 heavy (non-hydrogen) atoms. The molecular formula is C28H34Cl2F2N6O4. The van der Waals surface area contributed by atoms with Crippen molar-refractivity contribution in [1.29, 1.82) is 10.5 Å². The van der Waals surface area contributed by atoms with Gasteiger partial charge in [0, 0.05) is 13.1 Å². The first kappa shape index (κ1) is 36.3. The number of anilines is 2. The van der Waals surface area contributed by atoms with Crippen molar-refractivity contribution in [3.8, 4) is 12.1 Å². The molecule has 0 saturated heterocycles. The zero-order valence-corrected chi connectivity index (χ0v) is 26.3. The number of carbonyl (C=O) groups is 2. The minimum Gasteiger partial charge on any atom is -0.443 e. The maximum absolute atomic E-state index is 14.1. The fraction of sp³-hybridized carbons (Fsp3) is 0.500. The van der Waals surface area contributed by atoms with Gasteiger partial charge in [-0.15, -0.1) is 0 Å². The Bertz CT molecular complexity index is 1260. The molecule has 0 N–H and O–H groups in total. The first-order chi connectivity index (χ1) is 19.4. The predicted molar refractivity (Wildman–Crippen MR) is 156 cm³/mol. The van der Waals surface area contributed by atoms with Gasteiger partial charge < -0.3 is 9.47 Å². The number of amides is 2. The number of carbonyl (C=O) groups excluding carboxylic acids is 2. The van der Waals surface area contributed by atoms with Gasteiger partial charge in [-0.25, -0.2) is 28.3 Å². The van der Waals surface area contributed by atoms with Crippen molar-refractivity contribution >= 4 is 47.0 Å². The molecule has 0 aromatic carbocycles. The second kappa shape index (κ2) is 15.5. The normalized spacial score (nSPS) is 10.9. The summed E-state index contributed by atoms with van der Waals surface area (Å²) < 4.78 is 38.6. The molecule has 0 aliphatic rings. The highest BCUT2D eigenvalue weighted by Crippen LogP contribution is 2.26. The molecule has 0 saturated carbocycles. The topological polar surface area (TPSA) is 132 Å². The Morgan fingerprint density at radius 2 is 1.10 bits per heavy atom. The minimum absolute atomic E-state index is 0.0847. The van der Waals surface area contributed by atoms with Crippen molar-refractivity contribution in [2.24, 2.45) is 0 Å². The summed E-state index contributed by atoms with van der Waals surface area (Å²) in [6.45, 7) is 14.4. The van der Waals surface area contributed by atoms with Crippen molar-refractivity contribution in [3.05, 3.63) is 45.2 Å². The van der Waals surface area contributed by atoms with Gasteiger partial charge in [-0.2, -0.15) is 10.5 Å². The number of nitrogens with zero attached hydrogens (tertiary/aromatic N) is 6. The zero-order valence-electron chi connectivity index (χ0n) is 24.8. The molecule has 0 aliphatic heterocycles. The van der Waals surface area contributed by atoms with E-state index in [4.69, 9.17) is 43.2 Å². The van der Waals surface area contributed by atoms with Gasteiger partial charge in [0.1, 0.15) is 33.6 Å². The maximum Gasteiger partial charge on any atom is 0.416 e. The van der Waals surface area contributed by atoms with Crippen LogP contribution in [0, 0.1) is 34.3 Å². The SMILES string of the molecule is CCCN(C(=O)OC(C)(C)C)c1nc(Cl)c(C#N)cc1F.CCCN(C(=O)OC(C)(C)C)c1nc(Cl)c(C#N)cc1F. The standard InChI is InChI=1S/2C14H17ClFN3O2/c2*1-5-6-19(13(20)21-14(2,3)4)12-10(16)7-9(8-17)11(15)18-12/h2*7H,5-6H2,1-4H3. The van der Waals surface area contributed by atoms with Gasteiger partial charge in [0.2, 0.25) is 0 Å². The van der Waals surface area contributed by atoms with Crippen LogP contribution in [0.25, 0.3) is 0 Å². The molecule has 2 aromatic heterocycles. The molecule has 0 radical (unpaired) electrons. The Morgan fingerprint density at radius 1 is 0.786 bits per heavy atom. The lowest BCUT2D eigenvalue weighted by atomic mass is 10.2. The monoisotopic (exact) mass is 626 g/mol. The molecule has 0 unspecified atom stereocenters. The van der Waals surface area contributed by atoms with Crippen molar-refractivity contribution in [1.82, 2.24) is 9.97 Å². The van der Waals surface area contributed by atoms with E-state index in [1.807, 2.05) is 13.8 Å². The Hall–Kier alpha value is -3.74. The summed E-state index contributed by atoms with van der Waals surface area (Å²) in [6.07, 6.45) is -0.260. The lowest BCUT2D eigenvalue weighted by Gasteiger charge is -2.26. The first-order valence-corrected chi connectivity index (χ1v) is 13.7. The van der Waals surface area contributed by atoms with Gasteiger partial charge in [0.15, 0.2) is 23.3 Å². The average Bonchev–Trinajstić information content (AvgIpc) is 2.86. The third kappa shape index (κ3) is 10.9. The van der Waals surface area contributed by atoms with Crippen molar-refractivity contribution in [2.75, 3.05) is 22.9 Å². The van der Waals surface area contributed by atoms with E-state index in [-0.39, 0.29) is 46.2 Å². The predicted octanol–water partition coefficient (Wildman–Crippen LogP) is 7.79. The summed E-state index contributed by atoms with van der Waals surface area (Å²) in [5.41, 5.74) is -1.59. The molecule has 10 nitrogen and oxygen atoms in total. The minimum atomic E-state index is -0.796. The number of hydrogen-bond acceptors (Lipinski definition) is 8. The molecule has 228 valence electrons. The number of nitriles is 2. The van der Waals surface area contributed by atoms with Crippen LogP contribution in [-0.2, 0) is 9.47 Å². The number of rotatable bonds is 6. The maximum atomic E-state index is 14.1. The van der Waals surface area contributed by atoms with Crippen LogP contribution in [0.15, 0.2) is 12.1 Å². The quantitative estimate of drug-likeness (QED) is 0.297. The molecule has 0 aliphatic carbocycles. The molecule has 0 spiro atoms. The number of ether oxygens (including phenoxy) is 2. The van der Waals surface area contributed by atoms with Crippen LogP contribution in [0.4, 0.5) is 30.0 Å². The summed E-state index contributed by atoms with van der Waals surface area (Å²) >= 11 is 11.6. The smallest absolute Gasteiger partial charge is 0.416 e. The van der Waals surface area contributed by atoms with Gasteiger partial charge >= 0.3 is 12.2 Å². The molecule has 0 fully saturated rings. The third-order valence-electron chi connectivity index (χ3n) is 4.70. The van der Waals surface area contributed by atoms with Crippen molar-refractivity contribution in [3.63, 3.8) is 0 Å². The number of hydrogen-bond donors (Lipinski definition) is 0. The Kier molecular flexibility index (Phi) is 13.4. The van der Waals surface area contributed by atoms with E-state index >= 15 is 0 Å². The van der Waals surface area contributed by atoms with Gasteiger partial charge in [-0.05, 0) is 66.5 Å². The highest BCUT2D eigenvalue weighted by Gasteiger charge is 2.28. The van der Waals surface area contributed by atoms with Crippen LogP contribution < -0.4 is 9.80 Å². The fourth-order valence-corrected chi connectivity index (χ4v) is 3.45. The van der Waals surface area contributed by atoms with Crippen molar-refractivity contribution in [2.45, 2.75) is 79.4 Å². The van der Waals surface area contributed by atoms with Crippen LogP contribution >= 0.6 is 23.2 Å². The summed E-state index contributed by atoms with van der Waals surface area (Å²) in [5.74, 6) is -2.07. The largest absolute Gasteiger partial charge is 0.443 e. The molecule has 2 heterocycles. The second-order valence-electron chi connectivity index (χ2n) is 10.8. The highest BCUT2D eigenvalue weighted by molar-refractivity contribution is 6.31. The second-order valence-corrected chi connectivity index (χ2v) is 11.5. The fourth-order valence-electron chi connectivity index (χ4n) is 3.10. The van der Waals surface area contributed by atoms with E-state index in [0.717, 1.165) is 21.9 Å². The number of pyridine rings is 2. The molecule has 2 aromatic rings. The lowest BCUT2D eigenvalue weighted by molar-refractivity contribution is 0.0567. The first-order valence-electron chi connectivity index (χ1n) is 12.9. The number of halogens is 4. The molecular weight excluding hydrogens is 593 g/mol. The van der Waals surface area contributed by atoms with E-state index in [2.05, 4.69) is 9.97 Å². The summed E-state index contributed by atoms with van der Waals surface area (Å²) in [4.78, 5) is 34.1. The van der Waals surface area contributed by atoms with E-state index < -0.39 is 35.0 Å². The van der Waals surface area contributed by atoms with Gasteiger partial charge in [0.05, 0.1) is 11.1 Å². The van der Waals surface area contributed by atoms with E-state index in [1.165, 1.54) is 0 Å². The van der Waals surface area contributed by atoms with Crippen molar-refractivity contribution < 1.29 is 27.8 Å². The van der Waals surface area contributed by atoms with E-state index in [1.54, 1.807) is 53.7 Å². The number of aromatic nitrogens is 2. The Balaban J connectivity index is 0.000000420. The Morgan fingerprint density at radius 3 is 1.33 bits per heavy atom. The molecule has 0 bridgehead atoms. The van der Waals surface area contributed by atoms with Crippen LogP contribution in [0.1, 0.15) is 79.4 Å². The summed E-state index contributed by atoms with van der Waals surface area (Å²) in [5, 5.41) is 17.3. The van der Waals surface area contributed by atoms with E-state index in [0.29, 0.717) is 12.8 Å². The highest BCUT2D eigenvalue weighted by atomic mass is 35.5. The van der Waals surface area contributed by atoms with Crippen LogP contribution in [0.3, 0.4) is 0 Å². The van der Waals surface area contributed by atoms with Gasteiger partial charge in [-0.3, -0.25) is 9.80 Å². The summed E-state index contributed by atoms with van der Waals surface area (Å²) in [6, 6.07) is 5.38. The van der Waals surface area contributed by atoms with Crippen LogP contribution in [0.5, 0.6) is 0 Å². The molecule has 2 amide bonds. The van der Waals surface area contributed by atoms with Gasteiger partial charge in [0.25, 0.3) is 0 Å². The van der Waals surface area contributed by atoms with E-state index in [9.17, 15) is 18.4 Å². The van der Waals surface area contributed by atoms with Crippen LogP contribution in [0.2, 0.25) is 10.3 Å². The molecule has 14 heteroatoms. The Labute approximate surface area is 254 Å². The average molecular weight is 628 g/mol. The molecule has 0 atom stereocenters.